The highest BCUT2D eigenvalue weighted by molar-refractivity contribution is 5.84. The van der Waals surface area contributed by atoms with Crippen LogP contribution in [0, 0.1) is 10.1 Å². The number of nitro groups is 1. The minimum absolute atomic E-state index is 0.0421. The zero-order chi connectivity index (χ0) is 17.6. The lowest BCUT2D eigenvalue weighted by Crippen LogP contribution is -2.46. The molecule has 1 rings (SSSR count). The number of benzene rings is 1. The van der Waals surface area contributed by atoms with Gasteiger partial charge >= 0.3 is 5.97 Å². The summed E-state index contributed by atoms with van der Waals surface area (Å²) < 4.78 is 15.3. The molecule has 0 spiro atoms. The maximum absolute atomic E-state index is 12.3. The van der Waals surface area contributed by atoms with E-state index in [1.165, 1.54) is 26.4 Å². The van der Waals surface area contributed by atoms with Gasteiger partial charge in [-0.25, -0.2) is 4.79 Å². The number of carbonyl (C=O) groups is 1. The number of carbonyl (C=O) groups excluding carboxylic acids is 1. The van der Waals surface area contributed by atoms with Gasteiger partial charge in [0, 0.05) is 0 Å². The largest absolute Gasteiger partial charge is 0.493 e. The Bertz CT molecular complexity index is 590. The van der Waals surface area contributed by atoms with Crippen molar-refractivity contribution < 1.29 is 23.9 Å². The first kappa shape index (κ1) is 18.7. The Hall–Kier alpha value is -2.35. The highest BCUT2D eigenvalue weighted by atomic mass is 16.6. The summed E-state index contributed by atoms with van der Waals surface area (Å²) in [5.41, 5.74) is 4.33. The Morgan fingerprint density at radius 3 is 2.26 bits per heavy atom. The van der Waals surface area contributed by atoms with Gasteiger partial charge < -0.3 is 19.9 Å². The van der Waals surface area contributed by atoms with Crippen molar-refractivity contribution in [3.8, 4) is 11.5 Å². The second-order valence-corrected chi connectivity index (χ2v) is 4.92. The first-order chi connectivity index (χ1) is 10.8. The van der Waals surface area contributed by atoms with E-state index < -0.39 is 16.4 Å². The molecule has 1 unspecified atom stereocenters. The zero-order valence-corrected chi connectivity index (χ0v) is 13.8. The molecule has 0 fully saturated rings. The van der Waals surface area contributed by atoms with Crippen LogP contribution < -0.4 is 15.2 Å². The molecule has 0 aliphatic rings. The maximum Gasteiger partial charge on any atom is 0.331 e. The summed E-state index contributed by atoms with van der Waals surface area (Å²) in [5.74, 6) is -0.272. The first-order valence-corrected chi connectivity index (χ1v) is 7.22. The van der Waals surface area contributed by atoms with E-state index in [9.17, 15) is 14.9 Å². The lowest BCUT2D eigenvalue weighted by molar-refractivity contribution is -0.386. The van der Waals surface area contributed by atoms with Crippen LogP contribution in [0.2, 0.25) is 0 Å². The summed E-state index contributed by atoms with van der Waals surface area (Å²) in [5, 5.41) is 11.4. The number of hydrogen-bond donors (Lipinski definition) is 1. The normalized spacial score (nSPS) is 13.1. The smallest absolute Gasteiger partial charge is 0.331 e. The zero-order valence-electron chi connectivity index (χ0n) is 13.8. The highest BCUT2D eigenvalue weighted by Crippen LogP contribution is 2.40. The van der Waals surface area contributed by atoms with E-state index in [2.05, 4.69) is 0 Å². The third-order valence-corrected chi connectivity index (χ3v) is 3.46. The Balaban J connectivity index is 3.62. The average molecular weight is 326 g/mol. The van der Waals surface area contributed by atoms with Gasteiger partial charge in [-0.1, -0.05) is 13.3 Å². The van der Waals surface area contributed by atoms with Crippen molar-refractivity contribution >= 4 is 11.7 Å². The molecule has 0 aliphatic heterocycles. The lowest BCUT2D eigenvalue weighted by Gasteiger charge is -2.27. The maximum atomic E-state index is 12.3. The van der Waals surface area contributed by atoms with Gasteiger partial charge in [-0.2, -0.15) is 0 Å². The average Bonchev–Trinajstić information content (AvgIpc) is 2.53. The minimum atomic E-state index is -1.63. The number of rotatable bonds is 8. The summed E-state index contributed by atoms with van der Waals surface area (Å²) in [7, 11) is 2.77. The summed E-state index contributed by atoms with van der Waals surface area (Å²) >= 11 is 0. The molecule has 2 N–H and O–H groups in total. The van der Waals surface area contributed by atoms with E-state index in [0.29, 0.717) is 6.42 Å². The van der Waals surface area contributed by atoms with Crippen LogP contribution in [-0.4, -0.2) is 31.7 Å². The van der Waals surface area contributed by atoms with Crippen LogP contribution in [0.15, 0.2) is 12.1 Å². The molecule has 23 heavy (non-hydrogen) atoms. The highest BCUT2D eigenvalue weighted by Gasteiger charge is 2.42. The first-order valence-electron chi connectivity index (χ1n) is 7.22. The second kappa shape index (κ2) is 7.77. The molecule has 0 aromatic heterocycles. The van der Waals surface area contributed by atoms with Crippen LogP contribution in [0.4, 0.5) is 5.69 Å². The Morgan fingerprint density at radius 1 is 1.26 bits per heavy atom. The Kier molecular flexibility index (Phi) is 6.32. The van der Waals surface area contributed by atoms with Crippen molar-refractivity contribution in [2.24, 2.45) is 5.73 Å². The van der Waals surface area contributed by atoms with Crippen LogP contribution in [0.25, 0.3) is 0 Å². The van der Waals surface area contributed by atoms with E-state index >= 15 is 0 Å². The number of nitrogens with zero attached hydrogens (tertiary/aromatic N) is 1. The molecular formula is C15H22N2O6. The van der Waals surface area contributed by atoms with Crippen molar-refractivity contribution in [1.29, 1.82) is 0 Å². The van der Waals surface area contributed by atoms with Crippen LogP contribution in [0.5, 0.6) is 11.5 Å². The van der Waals surface area contributed by atoms with Crippen LogP contribution in [0.1, 0.15) is 32.3 Å². The molecule has 0 saturated carbocycles. The predicted molar refractivity (Wildman–Crippen MR) is 83.6 cm³/mol. The van der Waals surface area contributed by atoms with Gasteiger partial charge in [0.1, 0.15) is 5.54 Å². The van der Waals surface area contributed by atoms with Gasteiger partial charge in [0.15, 0.2) is 11.5 Å². The van der Waals surface area contributed by atoms with Crippen molar-refractivity contribution in [3.05, 3.63) is 27.8 Å². The van der Waals surface area contributed by atoms with E-state index in [4.69, 9.17) is 19.9 Å². The number of nitrogens with two attached hydrogens (primary N) is 1. The van der Waals surface area contributed by atoms with Crippen LogP contribution >= 0.6 is 0 Å². The molecule has 1 aromatic rings. The van der Waals surface area contributed by atoms with Gasteiger partial charge in [-0.3, -0.25) is 10.1 Å². The monoisotopic (exact) mass is 326 g/mol. The van der Waals surface area contributed by atoms with E-state index in [1.807, 2.05) is 6.92 Å². The van der Waals surface area contributed by atoms with Gasteiger partial charge in [-0.05, 0) is 19.4 Å². The van der Waals surface area contributed by atoms with Crippen molar-refractivity contribution in [2.45, 2.75) is 32.2 Å². The number of methoxy groups -OCH3 is 2. The van der Waals surface area contributed by atoms with Gasteiger partial charge in [0.2, 0.25) is 0 Å². The molecule has 0 heterocycles. The third-order valence-electron chi connectivity index (χ3n) is 3.46. The molecule has 0 amide bonds. The minimum Gasteiger partial charge on any atom is -0.493 e. The topological polar surface area (TPSA) is 114 Å². The molecular weight excluding hydrogens is 304 g/mol. The summed E-state index contributed by atoms with van der Waals surface area (Å²) in [6.45, 7) is 3.60. The van der Waals surface area contributed by atoms with Gasteiger partial charge in [-0.15, -0.1) is 0 Å². The van der Waals surface area contributed by atoms with Crippen LogP contribution in [-0.2, 0) is 15.1 Å². The third kappa shape index (κ3) is 3.70. The molecule has 1 aromatic carbocycles. The van der Waals surface area contributed by atoms with E-state index in [0.717, 1.165) is 0 Å². The van der Waals surface area contributed by atoms with E-state index in [-0.39, 0.29) is 35.8 Å². The van der Waals surface area contributed by atoms with Crippen LogP contribution in [0.3, 0.4) is 0 Å². The summed E-state index contributed by atoms with van der Waals surface area (Å²) in [6.07, 6.45) is 0.739. The standard InChI is InChI=1S/C15H22N2O6/c1-5-7-15(16,14(18)23-6-2)10-8-12(21-3)13(22-4)9-11(10)17(19)20/h8-9H,5-7,16H2,1-4H3. The number of hydrogen-bond acceptors (Lipinski definition) is 7. The van der Waals surface area contributed by atoms with Gasteiger partial charge in [0.25, 0.3) is 5.69 Å². The Morgan fingerprint density at radius 2 is 1.83 bits per heavy atom. The molecule has 128 valence electrons. The number of ether oxygens (including phenoxy) is 3. The number of nitro benzene ring substituents is 1. The molecule has 8 nitrogen and oxygen atoms in total. The fourth-order valence-electron chi connectivity index (χ4n) is 2.38. The molecule has 1 atom stereocenters. The molecule has 0 radical (unpaired) electrons. The quantitative estimate of drug-likeness (QED) is 0.442. The fraction of sp³-hybridized carbons (Fsp3) is 0.533. The van der Waals surface area contributed by atoms with Crippen molar-refractivity contribution in [2.75, 3.05) is 20.8 Å². The molecule has 8 heteroatoms. The fourth-order valence-corrected chi connectivity index (χ4v) is 2.38. The van der Waals surface area contributed by atoms with Gasteiger partial charge in [0.05, 0.1) is 37.4 Å². The Labute approximate surface area is 134 Å². The summed E-state index contributed by atoms with van der Waals surface area (Å²) in [6, 6.07) is 2.56. The number of esters is 1. The molecule has 0 saturated heterocycles. The SMILES string of the molecule is CCCC(N)(C(=O)OCC)c1cc(OC)c(OC)cc1[N+](=O)[O-]. The van der Waals surface area contributed by atoms with Crippen molar-refractivity contribution in [3.63, 3.8) is 0 Å². The molecule has 0 aliphatic carbocycles. The second-order valence-electron chi connectivity index (χ2n) is 4.92. The summed E-state index contributed by atoms with van der Waals surface area (Å²) in [4.78, 5) is 23.2. The van der Waals surface area contributed by atoms with Crippen molar-refractivity contribution in [1.82, 2.24) is 0 Å². The van der Waals surface area contributed by atoms with E-state index in [1.54, 1.807) is 6.92 Å². The molecule has 0 bridgehead atoms. The predicted octanol–water partition coefficient (Wildman–Crippen LogP) is 2.13. The lowest BCUT2D eigenvalue weighted by atomic mass is 9.85.